The van der Waals surface area contributed by atoms with E-state index >= 15 is 0 Å². The van der Waals surface area contributed by atoms with Crippen molar-refractivity contribution in [3.63, 3.8) is 0 Å². The molecule has 1 aliphatic carbocycles. The van der Waals surface area contributed by atoms with E-state index in [0.29, 0.717) is 10.9 Å². The van der Waals surface area contributed by atoms with Gasteiger partial charge in [0.2, 0.25) is 0 Å². The number of aryl methyl sites for hydroxylation is 1. The highest BCUT2D eigenvalue weighted by Gasteiger charge is 2.51. The van der Waals surface area contributed by atoms with Gasteiger partial charge in [0.1, 0.15) is 0 Å². The van der Waals surface area contributed by atoms with Gasteiger partial charge in [-0.25, -0.2) is 0 Å². The number of hydrogen-bond donors (Lipinski definition) is 1. The summed E-state index contributed by atoms with van der Waals surface area (Å²) in [6.07, 6.45) is 0.855. The smallest absolute Gasteiger partial charge is 0.0929 e. The first-order valence-electron chi connectivity index (χ1n) is 4.53. The van der Waals surface area contributed by atoms with Gasteiger partial charge < -0.3 is 5.11 Å². The molecule has 0 saturated heterocycles. The van der Waals surface area contributed by atoms with Crippen LogP contribution in [-0.4, -0.2) is 5.11 Å². The van der Waals surface area contributed by atoms with Gasteiger partial charge in [-0.2, -0.15) is 0 Å². The second kappa shape index (κ2) is 2.73. The molecule has 0 aliphatic heterocycles. The Balaban J connectivity index is 2.46. The van der Waals surface area contributed by atoms with E-state index in [1.807, 2.05) is 25.1 Å². The number of benzene rings is 1. The minimum Gasteiger partial charge on any atom is -0.385 e. The molecule has 1 aromatic rings. The van der Waals surface area contributed by atoms with Crippen LogP contribution in [0, 0.1) is 12.8 Å². The monoisotopic (exact) mass is 196 g/mol. The van der Waals surface area contributed by atoms with E-state index in [-0.39, 0.29) is 0 Å². The van der Waals surface area contributed by atoms with Crippen LogP contribution in [0.5, 0.6) is 0 Å². The molecule has 0 spiro atoms. The van der Waals surface area contributed by atoms with E-state index in [9.17, 15) is 5.11 Å². The Kier molecular flexibility index (Phi) is 1.90. The summed E-state index contributed by atoms with van der Waals surface area (Å²) in [6.45, 7) is 4.06. The van der Waals surface area contributed by atoms with E-state index < -0.39 is 5.60 Å². The third kappa shape index (κ3) is 1.36. The van der Waals surface area contributed by atoms with Gasteiger partial charge in [0.25, 0.3) is 0 Å². The number of rotatable bonds is 1. The summed E-state index contributed by atoms with van der Waals surface area (Å²) in [5.74, 6) is 0.365. The first-order valence-corrected chi connectivity index (χ1v) is 4.91. The van der Waals surface area contributed by atoms with Crippen molar-refractivity contribution in [3.8, 4) is 0 Å². The van der Waals surface area contributed by atoms with Crippen LogP contribution >= 0.6 is 11.6 Å². The molecular weight excluding hydrogens is 184 g/mol. The lowest BCUT2D eigenvalue weighted by atomic mass is 10.0. The summed E-state index contributed by atoms with van der Waals surface area (Å²) in [4.78, 5) is 0. The fourth-order valence-corrected chi connectivity index (χ4v) is 2.02. The summed E-state index contributed by atoms with van der Waals surface area (Å²) in [7, 11) is 0. The molecule has 1 nitrogen and oxygen atoms in total. The normalized spacial score (nSPS) is 31.8. The van der Waals surface area contributed by atoms with Crippen molar-refractivity contribution in [3.05, 3.63) is 34.3 Å². The molecule has 13 heavy (non-hydrogen) atoms. The maximum absolute atomic E-state index is 10.1. The highest BCUT2D eigenvalue weighted by molar-refractivity contribution is 6.30. The van der Waals surface area contributed by atoms with Crippen molar-refractivity contribution >= 4 is 11.6 Å². The van der Waals surface area contributed by atoms with Crippen LogP contribution in [0.25, 0.3) is 0 Å². The molecule has 1 aromatic carbocycles. The summed E-state index contributed by atoms with van der Waals surface area (Å²) >= 11 is 5.89. The van der Waals surface area contributed by atoms with Crippen LogP contribution in [0.3, 0.4) is 0 Å². The average Bonchev–Trinajstić information content (AvgIpc) is 2.66. The first-order chi connectivity index (χ1) is 6.04. The Morgan fingerprint density at radius 1 is 1.54 bits per heavy atom. The number of halogens is 1. The summed E-state index contributed by atoms with van der Waals surface area (Å²) in [5, 5.41) is 10.8. The Morgan fingerprint density at radius 3 is 2.69 bits per heavy atom. The lowest BCUT2D eigenvalue weighted by molar-refractivity contribution is 0.134. The second-order valence-electron chi connectivity index (χ2n) is 3.99. The number of hydrogen-bond acceptors (Lipinski definition) is 1. The largest absolute Gasteiger partial charge is 0.385 e. The van der Waals surface area contributed by atoms with E-state index in [0.717, 1.165) is 17.5 Å². The molecule has 1 N–H and O–H groups in total. The molecule has 1 aliphatic rings. The Labute approximate surface area is 83.3 Å². The van der Waals surface area contributed by atoms with E-state index in [1.54, 1.807) is 0 Å². The topological polar surface area (TPSA) is 20.2 Å². The third-order valence-corrected chi connectivity index (χ3v) is 3.17. The Morgan fingerprint density at radius 2 is 2.15 bits per heavy atom. The molecule has 2 unspecified atom stereocenters. The SMILES string of the molecule is Cc1ccc(Cl)cc1C1(O)CC1C. The molecule has 0 aromatic heterocycles. The standard InChI is InChI=1S/C11H13ClO/c1-7-3-4-9(12)5-10(7)11(13)6-8(11)2/h3-5,8,13H,6H2,1-2H3. The lowest BCUT2D eigenvalue weighted by Crippen LogP contribution is -2.09. The van der Waals surface area contributed by atoms with Gasteiger partial charge in [-0.15, -0.1) is 0 Å². The molecule has 2 rings (SSSR count). The molecule has 70 valence electrons. The van der Waals surface area contributed by atoms with Crippen LogP contribution in [0.4, 0.5) is 0 Å². The van der Waals surface area contributed by atoms with E-state index in [1.165, 1.54) is 0 Å². The first kappa shape index (κ1) is 9.04. The molecule has 0 radical (unpaired) electrons. The lowest BCUT2D eigenvalue weighted by Gasteiger charge is -2.13. The van der Waals surface area contributed by atoms with Gasteiger partial charge in [0, 0.05) is 5.02 Å². The van der Waals surface area contributed by atoms with Gasteiger partial charge in [-0.3, -0.25) is 0 Å². The Hall–Kier alpha value is -0.530. The zero-order valence-corrected chi connectivity index (χ0v) is 8.60. The predicted molar refractivity (Wildman–Crippen MR) is 53.9 cm³/mol. The van der Waals surface area contributed by atoms with Crippen LogP contribution in [0.1, 0.15) is 24.5 Å². The van der Waals surface area contributed by atoms with Gasteiger partial charge in [-0.05, 0) is 42.5 Å². The van der Waals surface area contributed by atoms with Gasteiger partial charge >= 0.3 is 0 Å². The molecule has 1 fully saturated rings. The minimum absolute atomic E-state index is 0.365. The highest BCUT2D eigenvalue weighted by Crippen LogP contribution is 2.52. The van der Waals surface area contributed by atoms with Crippen molar-refractivity contribution in [1.29, 1.82) is 0 Å². The fraction of sp³-hybridized carbons (Fsp3) is 0.455. The summed E-state index contributed by atoms with van der Waals surface area (Å²) in [6, 6.07) is 5.69. The van der Waals surface area contributed by atoms with Crippen molar-refractivity contribution in [1.82, 2.24) is 0 Å². The molecule has 0 amide bonds. The van der Waals surface area contributed by atoms with E-state index in [4.69, 9.17) is 11.6 Å². The minimum atomic E-state index is -0.602. The van der Waals surface area contributed by atoms with E-state index in [2.05, 4.69) is 6.92 Å². The predicted octanol–water partition coefficient (Wildman–Crippen LogP) is 2.88. The molecular formula is C11H13ClO. The van der Waals surface area contributed by atoms with Crippen molar-refractivity contribution < 1.29 is 5.11 Å². The van der Waals surface area contributed by atoms with Gasteiger partial charge in [0.15, 0.2) is 0 Å². The summed E-state index contributed by atoms with van der Waals surface area (Å²) < 4.78 is 0. The maximum atomic E-state index is 10.1. The average molecular weight is 197 g/mol. The Bertz CT molecular complexity index is 348. The van der Waals surface area contributed by atoms with Crippen LogP contribution in [-0.2, 0) is 5.60 Å². The molecule has 0 heterocycles. The van der Waals surface area contributed by atoms with Gasteiger partial charge in [-0.1, -0.05) is 24.6 Å². The zero-order chi connectivity index (χ0) is 9.64. The summed E-state index contributed by atoms with van der Waals surface area (Å²) in [5.41, 5.74) is 1.51. The quantitative estimate of drug-likeness (QED) is 0.733. The highest BCUT2D eigenvalue weighted by atomic mass is 35.5. The van der Waals surface area contributed by atoms with Crippen molar-refractivity contribution in [2.45, 2.75) is 25.9 Å². The molecule has 2 heteroatoms. The molecule has 0 bridgehead atoms. The zero-order valence-electron chi connectivity index (χ0n) is 7.84. The molecule has 2 atom stereocenters. The van der Waals surface area contributed by atoms with Gasteiger partial charge in [0.05, 0.1) is 5.60 Å². The van der Waals surface area contributed by atoms with Crippen molar-refractivity contribution in [2.75, 3.05) is 0 Å². The van der Waals surface area contributed by atoms with Crippen LogP contribution < -0.4 is 0 Å². The fourth-order valence-electron chi connectivity index (χ4n) is 1.84. The van der Waals surface area contributed by atoms with Crippen molar-refractivity contribution in [2.24, 2.45) is 5.92 Å². The van der Waals surface area contributed by atoms with Crippen LogP contribution in [0.15, 0.2) is 18.2 Å². The maximum Gasteiger partial charge on any atom is 0.0929 e. The second-order valence-corrected chi connectivity index (χ2v) is 4.43. The number of aliphatic hydroxyl groups is 1. The molecule has 1 saturated carbocycles. The third-order valence-electron chi connectivity index (χ3n) is 2.94. The van der Waals surface area contributed by atoms with Crippen LogP contribution in [0.2, 0.25) is 5.02 Å².